The lowest BCUT2D eigenvalue weighted by molar-refractivity contribution is 0.0954. The van der Waals surface area contributed by atoms with E-state index in [4.69, 9.17) is 23.2 Å². The van der Waals surface area contributed by atoms with Crippen LogP contribution in [0, 0.1) is 0 Å². The highest BCUT2D eigenvalue weighted by atomic mass is 35.5. The molecule has 96 valence electrons. The average molecular weight is 304 g/mol. The van der Waals surface area contributed by atoms with Crippen molar-refractivity contribution in [2.75, 3.05) is 6.54 Å². The van der Waals surface area contributed by atoms with Crippen molar-refractivity contribution in [3.8, 4) is 0 Å². The van der Waals surface area contributed by atoms with Crippen LogP contribution in [0.5, 0.6) is 0 Å². The normalized spacial score (nSPS) is 10.6. The standard InChI is InChI=1S/C11H11Cl2N3OS/c12-8-6-7(10(13)18-8)11(17)16-3-1-2-9-14-4-5-15-9/h4-6H,1-3H2,(H,14,15)(H,16,17). The van der Waals surface area contributed by atoms with E-state index in [0.717, 1.165) is 18.7 Å². The summed E-state index contributed by atoms with van der Waals surface area (Å²) in [5.74, 6) is 0.725. The van der Waals surface area contributed by atoms with Gasteiger partial charge in [0.2, 0.25) is 0 Å². The third-order valence-corrected chi connectivity index (χ3v) is 3.82. The first-order valence-corrected chi connectivity index (χ1v) is 6.95. The van der Waals surface area contributed by atoms with Crippen LogP contribution in [0.3, 0.4) is 0 Å². The van der Waals surface area contributed by atoms with Gasteiger partial charge >= 0.3 is 0 Å². The number of carbonyl (C=O) groups is 1. The molecule has 2 N–H and O–H groups in total. The van der Waals surface area contributed by atoms with Crippen LogP contribution in [0.4, 0.5) is 0 Å². The third-order valence-electron chi connectivity index (χ3n) is 2.33. The Balaban J connectivity index is 1.77. The zero-order valence-corrected chi connectivity index (χ0v) is 11.7. The Kier molecular flexibility index (Phi) is 4.63. The Bertz CT molecular complexity index is 524. The smallest absolute Gasteiger partial charge is 0.253 e. The summed E-state index contributed by atoms with van der Waals surface area (Å²) < 4.78 is 0.935. The number of thiophene rings is 1. The number of nitrogens with zero attached hydrogens (tertiary/aromatic N) is 1. The molecule has 0 aliphatic heterocycles. The summed E-state index contributed by atoms with van der Waals surface area (Å²) in [5, 5.41) is 2.80. The van der Waals surface area contributed by atoms with Gasteiger partial charge in [-0.15, -0.1) is 11.3 Å². The lowest BCUT2D eigenvalue weighted by Gasteiger charge is -2.03. The summed E-state index contributed by atoms with van der Waals surface area (Å²) in [4.78, 5) is 18.9. The molecule has 0 saturated heterocycles. The molecular formula is C11H11Cl2N3OS. The zero-order valence-electron chi connectivity index (χ0n) is 9.37. The molecule has 0 unspecified atom stereocenters. The second kappa shape index (κ2) is 6.22. The summed E-state index contributed by atoms with van der Waals surface area (Å²) in [6.45, 7) is 0.573. The van der Waals surface area contributed by atoms with Crippen LogP contribution in [0.15, 0.2) is 18.5 Å². The molecule has 2 heterocycles. The van der Waals surface area contributed by atoms with Gasteiger partial charge < -0.3 is 10.3 Å². The molecule has 0 fully saturated rings. The van der Waals surface area contributed by atoms with Gasteiger partial charge in [-0.3, -0.25) is 4.79 Å². The summed E-state index contributed by atoms with van der Waals surface area (Å²) in [7, 11) is 0. The fourth-order valence-corrected chi connectivity index (χ4v) is 2.94. The number of aryl methyl sites for hydroxylation is 1. The molecule has 4 nitrogen and oxygen atoms in total. The van der Waals surface area contributed by atoms with Gasteiger partial charge in [-0.2, -0.15) is 0 Å². The van der Waals surface area contributed by atoms with E-state index in [9.17, 15) is 4.79 Å². The molecule has 0 saturated carbocycles. The average Bonchev–Trinajstić information content (AvgIpc) is 2.94. The van der Waals surface area contributed by atoms with E-state index in [1.165, 1.54) is 11.3 Å². The molecule has 1 amide bonds. The molecule has 2 aromatic rings. The first-order valence-electron chi connectivity index (χ1n) is 5.38. The highest BCUT2D eigenvalue weighted by Crippen LogP contribution is 2.30. The Morgan fingerprint density at radius 3 is 2.94 bits per heavy atom. The SMILES string of the molecule is O=C(NCCCc1ncc[nH]1)c1cc(Cl)sc1Cl. The van der Waals surface area contributed by atoms with Crippen molar-refractivity contribution in [2.24, 2.45) is 0 Å². The van der Waals surface area contributed by atoms with Crippen LogP contribution in [0.2, 0.25) is 8.67 Å². The summed E-state index contributed by atoms with van der Waals surface area (Å²) in [5.41, 5.74) is 0.435. The topological polar surface area (TPSA) is 57.8 Å². The van der Waals surface area contributed by atoms with E-state index in [-0.39, 0.29) is 5.91 Å². The van der Waals surface area contributed by atoms with Gasteiger partial charge in [0.15, 0.2) is 0 Å². The number of aromatic nitrogens is 2. The maximum absolute atomic E-state index is 11.8. The van der Waals surface area contributed by atoms with Crippen molar-refractivity contribution >= 4 is 40.4 Å². The number of rotatable bonds is 5. The number of hydrogen-bond donors (Lipinski definition) is 2. The van der Waals surface area contributed by atoms with E-state index in [1.54, 1.807) is 18.5 Å². The van der Waals surface area contributed by atoms with Gasteiger partial charge in [0.05, 0.1) is 9.90 Å². The number of aromatic amines is 1. The van der Waals surface area contributed by atoms with Crippen molar-refractivity contribution in [3.05, 3.63) is 38.5 Å². The lowest BCUT2D eigenvalue weighted by Crippen LogP contribution is -2.24. The maximum atomic E-state index is 11.8. The van der Waals surface area contributed by atoms with Crippen LogP contribution < -0.4 is 5.32 Å². The number of halogens is 2. The van der Waals surface area contributed by atoms with Crippen LogP contribution in [-0.4, -0.2) is 22.4 Å². The Morgan fingerprint density at radius 2 is 2.33 bits per heavy atom. The second-order valence-corrected chi connectivity index (χ2v) is 5.92. The predicted octanol–water partition coefficient (Wildman–Crippen LogP) is 3.14. The number of nitrogens with one attached hydrogen (secondary N) is 2. The lowest BCUT2D eigenvalue weighted by atomic mass is 10.2. The number of H-pyrrole nitrogens is 1. The molecule has 0 atom stereocenters. The monoisotopic (exact) mass is 303 g/mol. The van der Waals surface area contributed by atoms with Gasteiger partial charge in [0.1, 0.15) is 10.2 Å². The van der Waals surface area contributed by atoms with E-state index >= 15 is 0 Å². The van der Waals surface area contributed by atoms with Gasteiger partial charge in [-0.25, -0.2) is 4.98 Å². The van der Waals surface area contributed by atoms with Gasteiger partial charge in [0.25, 0.3) is 5.91 Å². The molecular weight excluding hydrogens is 293 g/mol. The van der Waals surface area contributed by atoms with E-state index in [2.05, 4.69) is 15.3 Å². The maximum Gasteiger partial charge on any atom is 0.253 e. The van der Waals surface area contributed by atoms with Crippen LogP contribution in [0.1, 0.15) is 22.6 Å². The number of imidazole rings is 1. The fraction of sp³-hybridized carbons (Fsp3) is 0.273. The van der Waals surface area contributed by atoms with Gasteiger partial charge in [-0.1, -0.05) is 23.2 Å². The Labute approximate surface area is 118 Å². The number of amides is 1. The van der Waals surface area contributed by atoms with Crippen molar-refractivity contribution in [3.63, 3.8) is 0 Å². The van der Waals surface area contributed by atoms with Crippen molar-refractivity contribution in [2.45, 2.75) is 12.8 Å². The van der Waals surface area contributed by atoms with Crippen LogP contribution in [0.25, 0.3) is 0 Å². The van der Waals surface area contributed by atoms with Crippen molar-refractivity contribution < 1.29 is 4.79 Å². The molecule has 18 heavy (non-hydrogen) atoms. The van der Waals surface area contributed by atoms with Crippen molar-refractivity contribution in [1.29, 1.82) is 0 Å². The molecule has 0 radical (unpaired) electrons. The number of hydrogen-bond acceptors (Lipinski definition) is 3. The minimum atomic E-state index is -0.192. The predicted molar refractivity (Wildman–Crippen MR) is 73.6 cm³/mol. The summed E-state index contributed by atoms with van der Waals surface area (Å²) in [6.07, 6.45) is 5.10. The van der Waals surface area contributed by atoms with Crippen LogP contribution >= 0.6 is 34.5 Å². The molecule has 0 spiro atoms. The molecule has 2 aromatic heterocycles. The van der Waals surface area contributed by atoms with E-state index in [1.807, 2.05) is 0 Å². The third kappa shape index (κ3) is 3.48. The Morgan fingerprint density at radius 1 is 1.50 bits per heavy atom. The highest BCUT2D eigenvalue weighted by molar-refractivity contribution is 7.20. The zero-order chi connectivity index (χ0) is 13.0. The van der Waals surface area contributed by atoms with E-state index in [0.29, 0.717) is 20.8 Å². The van der Waals surface area contributed by atoms with E-state index < -0.39 is 0 Å². The molecule has 0 bridgehead atoms. The quantitative estimate of drug-likeness (QED) is 0.834. The molecule has 2 rings (SSSR count). The highest BCUT2D eigenvalue weighted by Gasteiger charge is 2.13. The second-order valence-electron chi connectivity index (χ2n) is 3.63. The van der Waals surface area contributed by atoms with Gasteiger partial charge in [-0.05, 0) is 12.5 Å². The largest absolute Gasteiger partial charge is 0.352 e. The fourth-order valence-electron chi connectivity index (χ4n) is 1.48. The molecule has 0 aromatic carbocycles. The minimum Gasteiger partial charge on any atom is -0.352 e. The summed E-state index contributed by atoms with van der Waals surface area (Å²) in [6, 6.07) is 1.58. The Hall–Kier alpha value is -1.04. The van der Waals surface area contributed by atoms with Crippen molar-refractivity contribution in [1.82, 2.24) is 15.3 Å². The van der Waals surface area contributed by atoms with Gasteiger partial charge in [0, 0.05) is 25.4 Å². The summed E-state index contributed by atoms with van der Waals surface area (Å²) >= 11 is 12.9. The number of carbonyl (C=O) groups excluding carboxylic acids is 1. The molecule has 7 heteroatoms. The molecule has 0 aliphatic rings. The minimum absolute atomic E-state index is 0.192. The molecule has 0 aliphatic carbocycles. The van der Waals surface area contributed by atoms with Crippen LogP contribution in [-0.2, 0) is 6.42 Å². The first-order chi connectivity index (χ1) is 8.66. The first kappa shape index (κ1) is 13.4.